The average molecular weight is 578 g/mol. The van der Waals surface area contributed by atoms with Crippen molar-refractivity contribution in [2.45, 2.75) is 48.8 Å². The molecule has 0 aromatic heterocycles. The number of hydrogen-bond donors (Lipinski definition) is 1. The maximum atomic E-state index is 13.0. The molecule has 1 N–H and O–H groups in total. The fraction of sp³-hybridized carbons (Fsp3) is 0.409. The fourth-order valence-corrected chi connectivity index (χ4v) is 5.18. The molecular formula is C22H19F9N2O4S. The Morgan fingerprint density at radius 2 is 1.37 bits per heavy atom. The van der Waals surface area contributed by atoms with E-state index in [0.717, 1.165) is 22.5 Å². The van der Waals surface area contributed by atoms with Crippen LogP contribution in [0.25, 0.3) is 0 Å². The SMILES string of the molecule is O=C(Cc1cc(C(F)(F)F)cc(C(F)(F)F)c1)NOC1CCN(S(=O)(=O)c2cccc(C(F)(F)F)c2)CC1. The Hall–Kier alpha value is -2.85. The summed E-state index contributed by atoms with van der Waals surface area (Å²) in [4.78, 5) is 16.7. The van der Waals surface area contributed by atoms with Crippen LogP contribution in [0.1, 0.15) is 35.1 Å². The normalized spacial score (nSPS) is 16.4. The Balaban J connectivity index is 1.58. The van der Waals surface area contributed by atoms with E-state index in [1.807, 2.05) is 5.48 Å². The van der Waals surface area contributed by atoms with Gasteiger partial charge in [-0.3, -0.25) is 9.63 Å². The van der Waals surface area contributed by atoms with Gasteiger partial charge in [0.15, 0.2) is 0 Å². The Morgan fingerprint density at radius 1 is 0.842 bits per heavy atom. The van der Waals surface area contributed by atoms with E-state index >= 15 is 0 Å². The van der Waals surface area contributed by atoms with E-state index in [-0.39, 0.29) is 32.0 Å². The molecule has 0 radical (unpaired) electrons. The monoisotopic (exact) mass is 578 g/mol. The van der Waals surface area contributed by atoms with E-state index in [1.54, 1.807) is 0 Å². The average Bonchev–Trinajstić information content (AvgIpc) is 2.81. The number of amides is 1. The van der Waals surface area contributed by atoms with Gasteiger partial charge >= 0.3 is 18.5 Å². The van der Waals surface area contributed by atoms with Crippen molar-refractivity contribution >= 4 is 15.9 Å². The van der Waals surface area contributed by atoms with Crippen LogP contribution in [0.15, 0.2) is 47.4 Å². The topological polar surface area (TPSA) is 75.7 Å². The number of rotatable bonds is 6. The van der Waals surface area contributed by atoms with Gasteiger partial charge in [0.25, 0.3) is 0 Å². The summed E-state index contributed by atoms with van der Waals surface area (Å²) < 4.78 is 143. The molecule has 1 saturated heterocycles. The zero-order valence-electron chi connectivity index (χ0n) is 19.0. The van der Waals surface area contributed by atoms with Crippen LogP contribution in [0.2, 0.25) is 0 Å². The van der Waals surface area contributed by atoms with Gasteiger partial charge in [-0.25, -0.2) is 13.9 Å². The number of alkyl halides is 9. The minimum Gasteiger partial charge on any atom is -0.272 e. The summed E-state index contributed by atoms with van der Waals surface area (Å²) in [6, 6.07) is 3.97. The highest BCUT2D eigenvalue weighted by Crippen LogP contribution is 2.36. The lowest BCUT2D eigenvalue weighted by Gasteiger charge is -2.30. The third-order valence-electron chi connectivity index (χ3n) is 5.55. The highest BCUT2D eigenvalue weighted by Gasteiger charge is 2.37. The zero-order chi connectivity index (χ0) is 28.5. The third kappa shape index (κ3) is 7.38. The van der Waals surface area contributed by atoms with Crippen molar-refractivity contribution in [1.29, 1.82) is 0 Å². The lowest BCUT2D eigenvalue weighted by atomic mass is 10.0. The van der Waals surface area contributed by atoms with Gasteiger partial charge < -0.3 is 0 Å². The molecule has 16 heteroatoms. The molecule has 1 aliphatic rings. The van der Waals surface area contributed by atoms with E-state index in [2.05, 4.69) is 0 Å². The summed E-state index contributed by atoms with van der Waals surface area (Å²) in [5, 5.41) is 0. The van der Waals surface area contributed by atoms with Crippen LogP contribution in [-0.2, 0) is 44.6 Å². The van der Waals surface area contributed by atoms with E-state index < -0.39 is 74.1 Å². The van der Waals surface area contributed by atoms with Crippen LogP contribution in [0.5, 0.6) is 0 Å². The Kier molecular flexibility index (Phi) is 8.38. The number of piperidine rings is 1. The van der Waals surface area contributed by atoms with Gasteiger partial charge in [-0.15, -0.1) is 0 Å². The maximum absolute atomic E-state index is 13.0. The summed E-state index contributed by atoms with van der Waals surface area (Å²) in [6.45, 7) is -0.358. The van der Waals surface area contributed by atoms with Gasteiger partial charge in [0.1, 0.15) is 0 Å². The molecule has 0 spiro atoms. The number of nitrogens with zero attached hydrogens (tertiary/aromatic N) is 1. The fourth-order valence-electron chi connectivity index (χ4n) is 3.66. The van der Waals surface area contributed by atoms with Crippen molar-refractivity contribution in [3.05, 3.63) is 64.7 Å². The smallest absolute Gasteiger partial charge is 0.272 e. The molecule has 210 valence electrons. The van der Waals surface area contributed by atoms with Crippen LogP contribution in [-0.4, -0.2) is 37.8 Å². The lowest BCUT2D eigenvalue weighted by molar-refractivity contribution is -0.144. The van der Waals surface area contributed by atoms with Crippen LogP contribution >= 0.6 is 0 Å². The molecule has 38 heavy (non-hydrogen) atoms. The first kappa shape index (κ1) is 29.7. The van der Waals surface area contributed by atoms with Crippen molar-refractivity contribution in [1.82, 2.24) is 9.79 Å². The molecule has 3 rings (SSSR count). The molecule has 0 saturated carbocycles. The van der Waals surface area contributed by atoms with E-state index in [0.29, 0.717) is 18.2 Å². The van der Waals surface area contributed by atoms with Crippen LogP contribution < -0.4 is 5.48 Å². The maximum Gasteiger partial charge on any atom is 0.416 e. The van der Waals surface area contributed by atoms with E-state index in [9.17, 15) is 52.7 Å². The first-order valence-electron chi connectivity index (χ1n) is 10.8. The second-order valence-electron chi connectivity index (χ2n) is 8.36. The predicted molar refractivity (Wildman–Crippen MR) is 113 cm³/mol. The number of sulfonamides is 1. The molecule has 0 unspecified atom stereocenters. The molecule has 1 heterocycles. The molecule has 0 bridgehead atoms. The van der Waals surface area contributed by atoms with Gasteiger partial charge in [-0.2, -0.15) is 43.8 Å². The standard InChI is InChI=1S/C22H19F9N2O4S/c23-20(24,25)14-2-1-3-18(12-14)38(35,36)33-6-4-17(5-7-33)37-32-19(34)10-13-8-15(21(26,27)28)11-16(9-13)22(29,30)31/h1-3,8-9,11-12,17H,4-7,10H2,(H,32,34). The summed E-state index contributed by atoms with van der Waals surface area (Å²) >= 11 is 0. The molecule has 0 atom stereocenters. The van der Waals surface area contributed by atoms with Crippen molar-refractivity contribution < 1.29 is 57.6 Å². The summed E-state index contributed by atoms with van der Waals surface area (Å²) in [7, 11) is -4.27. The highest BCUT2D eigenvalue weighted by molar-refractivity contribution is 7.89. The molecule has 1 amide bonds. The first-order valence-corrected chi connectivity index (χ1v) is 12.2. The highest BCUT2D eigenvalue weighted by atomic mass is 32.2. The summed E-state index contributed by atoms with van der Waals surface area (Å²) in [6.07, 6.45) is -16.5. The minimum absolute atomic E-state index is 0.000250. The van der Waals surface area contributed by atoms with Gasteiger partial charge in [-0.1, -0.05) is 6.07 Å². The molecule has 6 nitrogen and oxygen atoms in total. The largest absolute Gasteiger partial charge is 0.416 e. The number of hydrogen-bond acceptors (Lipinski definition) is 4. The van der Waals surface area contributed by atoms with Gasteiger partial charge in [0.2, 0.25) is 15.9 Å². The Labute approximate surface area is 210 Å². The first-order chi connectivity index (χ1) is 17.4. The summed E-state index contributed by atoms with van der Waals surface area (Å²) in [5.74, 6) is -1.04. The van der Waals surface area contributed by atoms with Crippen molar-refractivity contribution in [2.75, 3.05) is 13.1 Å². The van der Waals surface area contributed by atoms with Gasteiger partial charge in [0.05, 0.1) is 34.1 Å². The number of carbonyl (C=O) groups excluding carboxylic acids is 1. The summed E-state index contributed by atoms with van der Waals surface area (Å²) in [5.41, 5.74) is -2.92. The minimum atomic E-state index is -5.08. The van der Waals surface area contributed by atoms with Gasteiger partial charge in [-0.05, 0) is 54.8 Å². The number of nitrogens with one attached hydrogen (secondary N) is 1. The number of carbonyl (C=O) groups is 1. The Morgan fingerprint density at radius 3 is 1.87 bits per heavy atom. The molecule has 0 aliphatic carbocycles. The molecule has 2 aromatic rings. The zero-order valence-corrected chi connectivity index (χ0v) is 19.9. The van der Waals surface area contributed by atoms with Gasteiger partial charge in [0, 0.05) is 13.1 Å². The number of halogens is 9. The van der Waals surface area contributed by atoms with E-state index in [4.69, 9.17) is 4.84 Å². The quantitative estimate of drug-likeness (QED) is 0.379. The number of hydroxylamine groups is 1. The van der Waals surface area contributed by atoms with Crippen LogP contribution in [0, 0.1) is 0 Å². The number of benzene rings is 2. The molecule has 2 aromatic carbocycles. The van der Waals surface area contributed by atoms with Crippen LogP contribution in [0.4, 0.5) is 39.5 Å². The molecule has 1 fully saturated rings. The van der Waals surface area contributed by atoms with Crippen molar-refractivity contribution in [2.24, 2.45) is 0 Å². The molecule has 1 aliphatic heterocycles. The third-order valence-corrected chi connectivity index (χ3v) is 7.45. The van der Waals surface area contributed by atoms with Crippen LogP contribution in [0.3, 0.4) is 0 Å². The lowest BCUT2D eigenvalue weighted by Crippen LogP contribution is -2.43. The van der Waals surface area contributed by atoms with E-state index in [1.165, 1.54) is 0 Å². The molecular weight excluding hydrogens is 559 g/mol. The van der Waals surface area contributed by atoms with Crippen molar-refractivity contribution in [3.63, 3.8) is 0 Å². The predicted octanol–water partition coefficient (Wildman–Crippen LogP) is 5.19. The second-order valence-corrected chi connectivity index (χ2v) is 10.3. The second kappa shape index (κ2) is 10.7. The Bertz CT molecular complexity index is 1230. The van der Waals surface area contributed by atoms with Crippen molar-refractivity contribution in [3.8, 4) is 0 Å².